The summed E-state index contributed by atoms with van der Waals surface area (Å²) in [7, 11) is 0. The molecule has 3 nitrogen and oxygen atoms in total. The lowest BCUT2D eigenvalue weighted by molar-refractivity contribution is 0.102. The molecule has 4 heteroatoms. The number of hydrogen-bond donors (Lipinski definition) is 1. The minimum Gasteiger partial charge on any atom is -0.342 e. The number of ketones is 1. The van der Waals surface area contributed by atoms with E-state index in [-0.39, 0.29) is 5.78 Å². The third kappa shape index (κ3) is 3.60. The van der Waals surface area contributed by atoms with Crippen LogP contribution in [0.2, 0.25) is 0 Å². The number of thioether (sulfide) groups is 1. The van der Waals surface area contributed by atoms with Crippen LogP contribution < -0.4 is 0 Å². The Hall–Kier alpha value is -1.29. The molecule has 0 aliphatic carbocycles. The molecular formula is C15H20N2OS. The second-order valence-electron chi connectivity index (χ2n) is 4.95. The fraction of sp³-hybridized carbons (Fsp3) is 0.467. The lowest BCUT2D eigenvalue weighted by atomic mass is 10.1. The third-order valence-electron chi connectivity index (χ3n) is 2.89. The molecule has 102 valence electrons. The number of hydrogen-bond acceptors (Lipinski definition) is 3. The van der Waals surface area contributed by atoms with Crippen molar-refractivity contribution in [2.45, 2.75) is 38.9 Å². The van der Waals surface area contributed by atoms with Crippen molar-refractivity contribution < 1.29 is 4.79 Å². The molecule has 0 radical (unpaired) electrons. The van der Waals surface area contributed by atoms with Gasteiger partial charge in [0.1, 0.15) is 5.82 Å². The molecule has 0 aliphatic heterocycles. The minimum absolute atomic E-state index is 0.187. The number of nitrogens with one attached hydrogen (secondary N) is 1. The molecular weight excluding hydrogens is 256 g/mol. The van der Waals surface area contributed by atoms with Gasteiger partial charge < -0.3 is 4.98 Å². The maximum Gasteiger partial charge on any atom is 0.172 e. The molecule has 1 aromatic heterocycles. The molecule has 0 saturated carbocycles. The zero-order valence-corrected chi connectivity index (χ0v) is 12.5. The summed E-state index contributed by atoms with van der Waals surface area (Å²) in [5.74, 6) is 1.73. The van der Waals surface area contributed by atoms with Gasteiger partial charge in [0, 0.05) is 12.0 Å². The molecule has 1 N–H and O–H groups in total. The Morgan fingerprint density at radius 3 is 2.89 bits per heavy atom. The van der Waals surface area contributed by atoms with Gasteiger partial charge in [0.05, 0.1) is 16.8 Å². The highest BCUT2D eigenvalue weighted by atomic mass is 32.2. The standard InChI is InChI=1S/C15H20N2OS/c1-4-5-15-16-12-7-6-11(8-13(12)17-15)14(18)9-19-10(2)3/h6-8,10H,4-5,9H2,1-3H3,(H,16,17). The molecule has 2 aromatic rings. The number of aromatic amines is 1. The number of fused-ring (bicyclic) bond motifs is 1. The van der Waals surface area contributed by atoms with Crippen LogP contribution in [0.25, 0.3) is 11.0 Å². The number of rotatable bonds is 6. The Bertz CT molecular complexity index is 575. The zero-order valence-electron chi connectivity index (χ0n) is 11.7. The lowest BCUT2D eigenvalue weighted by Crippen LogP contribution is -2.04. The second-order valence-corrected chi connectivity index (χ2v) is 6.51. The molecule has 0 atom stereocenters. The summed E-state index contributed by atoms with van der Waals surface area (Å²) in [6.07, 6.45) is 2.01. The molecule has 0 aliphatic rings. The van der Waals surface area contributed by atoms with Crippen molar-refractivity contribution in [1.82, 2.24) is 9.97 Å². The van der Waals surface area contributed by atoms with E-state index in [1.165, 1.54) is 0 Å². The monoisotopic (exact) mass is 276 g/mol. The summed E-state index contributed by atoms with van der Waals surface area (Å²) >= 11 is 1.68. The molecule has 1 heterocycles. The average Bonchev–Trinajstić information content (AvgIpc) is 2.77. The summed E-state index contributed by atoms with van der Waals surface area (Å²) in [5.41, 5.74) is 2.67. The van der Waals surface area contributed by atoms with Crippen molar-refractivity contribution in [3.05, 3.63) is 29.6 Å². The van der Waals surface area contributed by atoms with Gasteiger partial charge in [0.15, 0.2) is 5.78 Å². The molecule has 0 fully saturated rings. The number of H-pyrrole nitrogens is 1. The predicted molar refractivity (Wildman–Crippen MR) is 82.0 cm³/mol. The second kappa shape index (κ2) is 6.24. The van der Waals surface area contributed by atoms with Crippen molar-refractivity contribution in [2.75, 3.05) is 5.75 Å². The molecule has 0 bridgehead atoms. The van der Waals surface area contributed by atoms with E-state index >= 15 is 0 Å². The van der Waals surface area contributed by atoms with Crippen molar-refractivity contribution in [1.29, 1.82) is 0 Å². The number of benzene rings is 1. The predicted octanol–water partition coefficient (Wildman–Crippen LogP) is 3.84. The smallest absolute Gasteiger partial charge is 0.172 e. The maximum atomic E-state index is 12.1. The van der Waals surface area contributed by atoms with Gasteiger partial charge in [-0.2, -0.15) is 11.8 Å². The van der Waals surface area contributed by atoms with Gasteiger partial charge in [0.25, 0.3) is 0 Å². The average molecular weight is 276 g/mol. The zero-order chi connectivity index (χ0) is 13.8. The molecule has 1 aromatic carbocycles. The Balaban J connectivity index is 2.18. The van der Waals surface area contributed by atoms with Gasteiger partial charge in [-0.15, -0.1) is 0 Å². The highest BCUT2D eigenvalue weighted by Gasteiger charge is 2.10. The van der Waals surface area contributed by atoms with Crippen LogP contribution in [0.15, 0.2) is 18.2 Å². The van der Waals surface area contributed by atoms with E-state index in [1.54, 1.807) is 11.8 Å². The normalized spacial score (nSPS) is 11.4. The summed E-state index contributed by atoms with van der Waals surface area (Å²) in [5, 5.41) is 0.482. The molecule has 19 heavy (non-hydrogen) atoms. The van der Waals surface area contributed by atoms with E-state index in [9.17, 15) is 4.79 Å². The van der Waals surface area contributed by atoms with Crippen LogP contribution >= 0.6 is 11.8 Å². The largest absolute Gasteiger partial charge is 0.342 e. The van der Waals surface area contributed by atoms with Crippen LogP contribution in [-0.2, 0) is 6.42 Å². The van der Waals surface area contributed by atoms with Gasteiger partial charge >= 0.3 is 0 Å². The Morgan fingerprint density at radius 1 is 1.42 bits per heavy atom. The summed E-state index contributed by atoms with van der Waals surface area (Å²) < 4.78 is 0. The quantitative estimate of drug-likeness (QED) is 0.815. The van der Waals surface area contributed by atoms with Gasteiger partial charge in [-0.05, 0) is 29.9 Å². The van der Waals surface area contributed by atoms with Crippen LogP contribution in [0.4, 0.5) is 0 Å². The highest BCUT2D eigenvalue weighted by Crippen LogP contribution is 2.17. The first-order chi connectivity index (χ1) is 9.10. The molecule has 0 saturated heterocycles. The van der Waals surface area contributed by atoms with E-state index in [0.717, 1.165) is 35.3 Å². The number of carbonyl (C=O) groups excluding carboxylic acids is 1. The number of Topliss-reactive ketones (excluding diaryl/α,β-unsaturated/α-hetero) is 1. The number of aromatic nitrogens is 2. The highest BCUT2D eigenvalue weighted by molar-refractivity contribution is 8.00. The summed E-state index contributed by atoms with van der Waals surface area (Å²) in [4.78, 5) is 19.9. The lowest BCUT2D eigenvalue weighted by Gasteiger charge is -2.03. The Labute approximate surface area is 118 Å². The molecule has 2 rings (SSSR count). The Morgan fingerprint density at radius 2 is 2.21 bits per heavy atom. The molecule has 0 spiro atoms. The first kappa shape index (κ1) is 14.1. The molecule has 0 unspecified atom stereocenters. The van der Waals surface area contributed by atoms with Gasteiger partial charge in [0.2, 0.25) is 0 Å². The first-order valence-electron chi connectivity index (χ1n) is 6.73. The van der Waals surface area contributed by atoms with Crippen molar-refractivity contribution in [2.24, 2.45) is 0 Å². The number of nitrogens with zero attached hydrogens (tertiary/aromatic N) is 1. The van der Waals surface area contributed by atoms with Crippen LogP contribution in [0.1, 0.15) is 43.4 Å². The number of imidazole rings is 1. The fourth-order valence-corrected chi connectivity index (χ4v) is 2.57. The van der Waals surface area contributed by atoms with Crippen molar-refractivity contribution in [3.8, 4) is 0 Å². The van der Waals surface area contributed by atoms with Crippen LogP contribution in [0.3, 0.4) is 0 Å². The topological polar surface area (TPSA) is 45.8 Å². The van der Waals surface area contributed by atoms with Gasteiger partial charge in [-0.25, -0.2) is 4.98 Å². The van der Waals surface area contributed by atoms with E-state index in [1.807, 2.05) is 18.2 Å². The Kier molecular flexibility index (Phi) is 4.64. The molecule has 0 amide bonds. The van der Waals surface area contributed by atoms with Crippen molar-refractivity contribution in [3.63, 3.8) is 0 Å². The van der Waals surface area contributed by atoms with E-state index in [4.69, 9.17) is 0 Å². The van der Waals surface area contributed by atoms with E-state index < -0.39 is 0 Å². The summed E-state index contributed by atoms with van der Waals surface area (Å²) in [6, 6.07) is 5.73. The SMILES string of the molecule is CCCc1nc2ccc(C(=O)CSC(C)C)cc2[nH]1. The van der Waals surface area contributed by atoms with Gasteiger partial charge in [-0.3, -0.25) is 4.79 Å². The number of carbonyl (C=O) groups is 1. The number of aryl methyl sites for hydroxylation is 1. The fourth-order valence-electron chi connectivity index (χ4n) is 1.92. The maximum absolute atomic E-state index is 12.1. The first-order valence-corrected chi connectivity index (χ1v) is 7.78. The van der Waals surface area contributed by atoms with Crippen LogP contribution in [0, 0.1) is 0 Å². The third-order valence-corrected chi connectivity index (χ3v) is 3.98. The van der Waals surface area contributed by atoms with Crippen LogP contribution in [0.5, 0.6) is 0 Å². The van der Waals surface area contributed by atoms with E-state index in [2.05, 4.69) is 30.7 Å². The van der Waals surface area contributed by atoms with Crippen LogP contribution in [-0.4, -0.2) is 26.8 Å². The van der Waals surface area contributed by atoms with Gasteiger partial charge in [-0.1, -0.05) is 20.8 Å². The minimum atomic E-state index is 0.187. The van der Waals surface area contributed by atoms with Crippen molar-refractivity contribution >= 4 is 28.6 Å². The van der Waals surface area contributed by atoms with E-state index in [0.29, 0.717) is 11.0 Å². The summed E-state index contributed by atoms with van der Waals surface area (Å²) in [6.45, 7) is 6.34.